The van der Waals surface area contributed by atoms with Crippen molar-refractivity contribution in [2.75, 3.05) is 23.9 Å². The number of nitrogens with zero attached hydrogens (tertiary/aromatic N) is 10. The van der Waals surface area contributed by atoms with Gasteiger partial charge in [0.1, 0.15) is 11.4 Å². The summed E-state index contributed by atoms with van der Waals surface area (Å²) >= 11 is 3.46. The topological polar surface area (TPSA) is 247 Å². The van der Waals surface area contributed by atoms with Gasteiger partial charge in [0, 0.05) is 110 Å². The molecule has 0 radical (unpaired) electrons. The molecule has 2 aliphatic rings. The fraction of sp³-hybridized carbons (Fsp3) is 0.0806. The Hall–Kier alpha value is -15.5. The first-order valence-electron chi connectivity index (χ1n) is 48.5. The number of carbonyl (C=O) groups is 4. The molecular formula is C124H106BBrN12O6P4Pd. The Bertz CT molecular complexity index is 6870. The van der Waals surface area contributed by atoms with Crippen LogP contribution in [-0.4, -0.2) is 96.2 Å². The number of aromatic nitrogens is 6. The van der Waals surface area contributed by atoms with E-state index in [4.69, 9.17) is 20.6 Å². The molecule has 0 saturated heterocycles. The number of rotatable bonds is 22. The van der Waals surface area contributed by atoms with Crippen LogP contribution in [-0.2, 0) is 20.4 Å². The number of nitriles is 2. The van der Waals surface area contributed by atoms with E-state index >= 15 is 0 Å². The number of hydrogen-bond acceptors (Lipinski definition) is 12. The third-order valence-electron chi connectivity index (χ3n) is 24.6. The number of pyridine rings is 4. The Morgan fingerprint density at radius 2 is 0.604 bits per heavy atom. The molecule has 4 N–H and O–H groups in total. The molecule has 25 heteroatoms. The predicted octanol–water partition coefficient (Wildman–Crippen LogP) is 19.9. The van der Waals surface area contributed by atoms with Crippen LogP contribution < -0.4 is 89.6 Å². The molecule has 0 bridgehead atoms. The summed E-state index contributed by atoms with van der Waals surface area (Å²) in [7, 11) is -0.273. The number of nitrogens with one attached hydrogen (secondary N) is 2. The van der Waals surface area contributed by atoms with Crippen LogP contribution in [0.3, 0.4) is 0 Å². The molecular weight excluding hydrogens is 2070 g/mol. The van der Waals surface area contributed by atoms with Crippen molar-refractivity contribution in [3.8, 4) is 23.3 Å². The summed E-state index contributed by atoms with van der Waals surface area (Å²) < 4.78 is 4.31. The summed E-state index contributed by atoms with van der Waals surface area (Å²) in [6.45, 7) is 0. The molecule has 2 aliphatic carbocycles. The summed E-state index contributed by atoms with van der Waals surface area (Å²) in [4.78, 5) is 61.4. The Balaban J connectivity index is 0.000000132. The third-order valence-corrected chi connectivity index (χ3v) is 35.0. The van der Waals surface area contributed by atoms with E-state index in [1.807, 2.05) is 52.3 Å². The molecule has 0 atom stereocenters. The summed E-state index contributed by atoms with van der Waals surface area (Å²) in [6, 6.07) is 162. The molecule has 149 heavy (non-hydrogen) atoms. The van der Waals surface area contributed by atoms with Gasteiger partial charge in [0.25, 0.3) is 23.6 Å². The van der Waals surface area contributed by atoms with E-state index in [9.17, 15) is 19.2 Å². The van der Waals surface area contributed by atoms with Crippen LogP contribution in [0.25, 0.3) is 22.2 Å². The molecule has 18 nitrogen and oxygen atoms in total. The number of anilines is 2. The standard InChI is InChI=1S/C26H22N6O2.C19H15BrN4O.4C18H15P.C7H9BN2O3.Pd/c1-28-25(33)23-10-7-19(15-29-23)22-16-30-31-12-11-18(13-24(22)31)26(34)32(20-3-2-4-20)21-8-5-17(14-27)6-9-21;20-17-12-22-23-9-8-14(10-18(17)23)19(25)24(15-2-1-3-15)16-6-4-13(11-21)5-7-16;4*1-4-10-16(11-5-1)19(17-12-6-2-7-13-17)18-14-8-3-9-15-18;1-9-7(11)6-3-2-5(4-10-6)8(12)13;/h5-13,15-16,20H,2-4H2,1H3,(H,28,33);4-10,12,15H,1-3H2;4*1-15H;2-4,12-13H,1H3,(H,9,11);. The van der Waals surface area contributed by atoms with Gasteiger partial charge < -0.3 is 30.5 Å². The Kier molecular flexibility index (Phi) is 40.0. The number of halogens is 1. The molecule has 738 valence electrons. The van der Waals surface area contributed by atoms with E-state index < -0.39 is 38.8 Å². The van der Waals surface area contributed by atoms with Crippen LogP contribution in [0.2, 0.25) is 0 Å². The van der Waals surface area contributed by atoms with Crippen LogP contribution in [0.5, 0.6) is 0 Å². The fourth-order valence-electron chi connectivity index (χ4n) is 16.7. The van der Waals surface area contributed by atoms with Crippen molar-refractivity contribution in [1.82, 2.24) is 39.8 Å². The number of fused-ring (bicyclic) bond motifs is 2. The zero-order valence-corrected chi connectivity index (χ0v) is 88.5. The first-order valence-corrected chi connectivity index (χ1v) is 54.7. The molecule has 0 spiro atoms. The zero-order valence-electron chi connectivity index (χ0n) is 81.8. The molecule has 20 aromatic rings. The molecule has 6 heterocycles. The second kappa shape index (κ2) is 55.3. The van der Waals surface area contributed by atoms with Gasteiger partial charge in [0.2, 0.25) is 0 Å². The van der Waals surface area contributed by atoms with Crippen LogP contribution >= 0.6 is 47.6 Å². The van der Waals surface area contributed by atoms with Crippen LogP contribution in [0.4, 0.5) is 11.4 Å². The van der Waals surface area contributed by atoms with Crippen LogP contribution in [0, 0.1) is 22.7 Å². The second-order valence-corrected chi connectivity index (χ2v) is 43.9. The minimum atomic E-state index is -1.55. The van der Waals surface area contributed by atoms with E-state index in [1.165, 1.54) is 89.0 Å². The average molecular weight is 2180 g/mol. The van der Waals surface area contributed by atoms with Gasteiger partial charge in [-0.25, -0.2) is 9.03 Å². The van der Waals surface area contributed by atoms with E-state index in [2.05, 4.69) is 423 Å². The summed E-state index contributed by atoms with van der Waals surface area (Å²) in [5, 5.41) is 65.9. The average Bonchev–Trinajstić information content (AvgIpc) is 1.68. The van der Waals surface area contributed by atoms with E-state index in [0.717, 1.165) is 76.5 Å². The van der Waals surface area contributed by atoms with E-state index in [0.29, 0.717) is 27.9 Å². The van der Waals surface area contributed by atoms with Crippen molar-refractivity contribution < 1.29 is 49.6 Å². The molecule has 2 fully saturated rings. The van der Waals surface area contributed by atoms with Gasteiger partial charge in [0.15, 0.2) is 0 Å². The second-order valence-electron chi connectivity index (χ2n) is 34.2. The molecule has 4 amide bonds. The number of carbonyl (C=O) groups excluding carboxylic acids is 4. The molecule has 2 saturated carbocycles. The number of amides is 4. The van der Waals surface area contributed by atoms with Crippen molar-refractivity contribution in [3.05, 3.63) is 536 Å². The van der Waals surface area contributed by atoms with Gasteiger partial charge in [-0.15, -0.1) is 0 Å². The molecule has 0 aliphatic heterocycles. The fourth-order valence-corrected chi connectivity index (χ4v) is 26.3. The minimum absolute atomic E-state index is 0. The molecule has 0 unspecified atom stereocenters. The van der Waals surface area contributed by atoms with Crippen molar-refractivity contribution >= 4 is 170 Å². The maximum Gasteiger partial charge on any atom is 0.490 e. The van der Waals surface area contributed by atoms with Gasteiger partial charge in [-0.05, 0) is 235 Å². The molecule has 22 rings (SSSR count). The van der Waals surface area contributed by atoms with Crippen molar-refractivity contribution in [1.29, 1.82) is 10.5 Å². The van der Waals surface area contributed by atoms with Gasteiger partial charge in [-0.1, -0.05) is 376 Å². The van der Waals surface area contributed by atoms with Crippen molar-refractivity contribution in [3.63, 3.8) is 0 Å². The van der Waals surface area contributed by atoms with Crippen molar-refractivity contribution in [2.24, 2.45) is 0 Å². The Labute approximate surface area is 896 Å². The Morgan fingerprint density at radius 3 is 0.839 bits per heavy atom. The zero-order chi connectivity index (χ0) is 103. The summed E-state index contributed by atoms with van der Waals surface area (Å²) in [5.41, 5.74) is 8.04. The monoisotopic (exact) mass is 2180 g/mol. The van der Waals surface area contributed by atoms with Gasteiger partial charge >= 0.3 is 7.12 Å². The maximum atomic E-state index is 13.7. The third kappa shape index (κ3) is 28.7. The van der Waals surface area contributed by atoms with Gasteiger partial charge in [0.05, 0.1) is 51.2 Å². The first kappa shape index (κ1) is 108. The summed E-state index contributed by atoms with van der Waals surface area (Å²) in [6.07, 6.45) is 16.0. The maximum absolute atomic E-state index is 13.7. The minimum Gasteiger partial charge on any atom is -0.423 e. The largest absolute Gasteiger partial charge is 0.490 e. The molecule has 14 aromatic carbocycles. The van der Waals surface area contributed by atoms with E-state index in [-0.39, 0.29) is 67.3 Å². The van der Waals surface area contributed by atoms with Crippen LogP contribution in [0.15, 0.2) is 503 Å². The first-order chi connectivity index (χ1) is 72.7. The van der Waals surface area contributed by atoms with Crippen molar-refractivity contribution in [2.45, 2.75) is 50.6 Å². The SMILES string of the molecule is CNC(=O)c1ccc(-c2cnn3ccc(C(=O)N(c4ccc(C#N)cc4)C4CCC4)cc23)cn1.CNC(=O)c1ccc(B(O)O)cn1.N#Cc1ccc(N(C(=O)c2ccn3ncc(Br)c3c2)C2CCC2)cc1.[Pd].c1ccc(P(c2ccccc2)c2ccccc2)cc1.c1ccc(P(c2ccccc2)c2ccccc2)cc1.c1ccc(P(c2ccccc2)c2ccccc2)cc1.c1ccc(P(c2ccccc2)c2ccccc2)cc1. The smallest absolute Gasteiger partial charge is 0.423 e. The summed E-state index contributed by atoms with van der Waals surface area (Å²) in [5.74, 6) is -0.667. The normalized spacial score (nSPS) is 11.6. The number of hydrogen-bond donors (Lipinski definition) is 4. The van der Waals surface area contributed by atoms with Gasteiger partial charge in [-0.2, -0.15) is 20.7 Å². The van der Waals surface area contributed by atoms with Gasteiger partial charge in [-0.3, -0.25) is 29.1 Å². The van der Waals surface area contributed by atoms with E-state index in [1.54, 1.807) is 89.5 Å². The van der Waals surface area contributed by atoms with Crippen LogP contribution in [0.1, 0.15) is 91.3 Å². The predicted molar refractivity (Wildman–Crippen MR) is 614 cm³/mol. The Morgan fingerprint density at radius 1 is 0.342 bits per heavy atom. The number of benzene rings is 14. The molecule has 6 aromatic heterocycles. The quantitative estimate of drug-likeness (QED) is 0.0365.